The fourth-order valence-electron chi connectivity index (χ4n) is 4.10. The largest absolute Gasteiger partial charge is 0.435 e. The number of rotatable bonds is 7. The molecular formula is C22H23F2N3O5S. The van der Waals surface area contributed by atoms with Crippen molar-refractivity contribution in [2.24, 2.45) is 0 Å². The zero-order chi connectivity index (χ0) is 23.8. The van der Waals surface area contributed by atoms with Crippen molar-refractivity contribution in [2.75, 3.05) is 32.8 Å². The molecular weight excluding hydrogens is 456 g/mol. The fraction of sp³-hybridized carbons (Fsp3) is 0.364. The normalized spacial score (nSPS) is 18.5. The SMILES string of the molecule is C[C@](CO)(C(=O)N1CC2=C(C1)CN(S(=O)(=O)c1ccc(OC(F)F)cc1)C2)c1ccccn1. The monoisotopic (exact) mass is 479 g/mol. The number of hydrogen-bond acceptors (Lipinski definition) is 6. The number of hydrogen-bond donors (Lipinski definition) is 1. The van der Waals surface area contributed by atoms with Gasteiger partial charge in [-0.2, -0.15) is 13.1 Å². The predicted molar refractivity (Wildman–Crippen MR) is 114 cm³/mol. The van der Waals surface area contributed by atoms with E-state index in [0.717, 1.165) is 11.1 Å². The van der Waals surface area contributed by atoms with Gasteiger partial charge in [-0.3, -0.25) is 9.78 Å². The number of halogens is 2. The summed E-state index contributed by atoms with van der Waals surface area (Å²) in [6.07, 6.45) is 1.56. The van der Waals surface area contributed by atoms with Crippen LogP contribution in [0.5, 0.6) is 5.75 Å². The van der Waals surface area contributed by atoms with Crippen LogP contribution < -0.4 is 4.74 Å². The summed E-state index contributed by atoms with van der Waals surface area (Å²) >= 11 is 0. The van der Waals surface area contributed by atoms with Crippen molar-refractivity contribution >= 4 is 15.9 Å². The molecule has 0 fully saturated rings. The van der Waals surface area contributed by atoms with Crippen LogP contribution in [0.2, 0.25) is 0 Å². The molecule has 1 N–H and O–H groups in total. The van der Waals surface area contributed by atoms with E-state index >= 15 is 0 Å². The molecule has 2 aliphatic heterocycles. The molecule has 0 unspecified atom stereocenters. The van der Waals surface area contributed by atoms with Crippen molar-refractivity contribution in [3.05, 3.63) is 65.5 Å². The molecule has 1 aromatic carbocycles. The molecule has 0 bridgehead atoms. The Morgan fingerprint density at radius 1 is 1.12 bits per heavy atom. The molecule has 4 rings (SSSR count). The molecule has 3 heterocycles. The molecule has 33 heavy (non-hydrogen) atoms. The molecule has 1 aromatic heterocycles. The van der Waals surface area contributed by atoms with Crippen molar-refractivity contribution in [2.45, 2.75) is 23.8 Å². The third-order valence-electron chi connectivity index (χ3n) is 5.99. The average Bonchev–Trinajstić information content (AvgIpc) is 3.38. The van der Waals surface area contributed by atoms with Gasteiger partial charge in [-0.05, 0) is 54.5 Å². The minimum absolute atomic E-state index is 0.0266. The summed E-state index contributed by atoms with van der Waals surface area (Å²) in [6, 6.07) is 10.00. The molecule has 0 spiro atoms. The second-order valence-corrected chi connectivity index (χ2v) is 10.1. The first-order valence-corrected chi connectivity index (χ1v) is 11.7. The molecule has 0 saturated heterocycles. The third-order valence-corrected chi connectivity index (χ3v) is 7.80. The number of amides is 1. The molecule has 2 aliphatic rings. The lowest BCUT2D eigenvalue weighted by molar-refractivity contribution is -0.137. The summed E-state index contributed by atoms with van der Waals surface area (Å²) in [5.74, 6) is -0.401. The van der Waals surface area contributed by atoms with Crippen LogP contribution in [0.15, 0.2) is 64.7 Å². The minimum atomic E-state index is -3.84. The highest BCUT2D eigenvalue weighted by atomic mass is 32.2. The molecule has 0 aliphatic carbocycles. The number of aliphatic hydroxyl groups excluding tert-OH is 1. The van der Waals surface area contributed by atoms with Crippen molar-refractivity contribution < 1.29 is 31.8 Å². The topological polar surface area (TPSA) is 100 Å². The lowest BCUT2D eigenvalue weighted by Gasteiger charge is -2.31. The van der Waals surface area contributed by atoms with Crippen LogP contribution in [0.25, 0.3) is 0 Å². The molecule has 176 valence electrons. The van der Waals surface area contributed by atoms with Crippen molar-refractivity contribution in [3.63, 3.8) is 0 Å². The van der Waals surface area contributed by atoms with Crippen LogP contribution in [0.3, 0.4) is 0 Å². The van der Waals surface area contributed by atoms with Crippen molar-refractivity contribution in [1.82, 2.24) is 14.2 Å². The Bertz CT molecular complexity index is 1150. The molecule has 0 saturated carbocycles. The number of ether oxygens (including phenoxy) is 1. The Labute approximate surface area is 190 Å². The number of aromatic nitrogens is 1. The maximum atomic E-state index is 13.2. The highest BCUT2D eigenvalue weighted by molar-refractivity contribution is 7.89. The van der Waals surface area contributed by atoms with Gasteiger partial charge in [0.2, 0.25) is 15.9 Å². The number of carbonyl (C=O) groups excluding carboxylic acids is 1. The van der Waals surface area contributed by atoms with Crippen molar-refractivity contribution in [3.8, 4) is 5.75 Å². The van der Waals surface area contributed by atoms with Gasteiger partial charge in [0.25, 0.3) is 0 Å². The van der Waals surface area contributed by atoms with E-state index in [0.29, 0.717) is 5.69 Å². The second-order valence-electron chi connectivity index (χ2n) is 8.20. The van der Waals surface area contributed by atoms with Gasteiger partial charge in [-0.25, -0.2) is 8.42 Å². The average molecular weight is 480 g/mol. The van der Waals surface area contributed by atoms with Crippen LogP contribution in [-0.2, 0) is 20.2 Å². The van der Waals surface area contributed by atoms with E-state index in [-0.39, 0.29) is 42.7 Å². The van der Waals surface area contributed by atoms with Gasteiger partial charge in [0.05, 0.1) is 17.2 Å². The highest BCUT2D eigenvalue weighted by Crippen LogP contribution is 2.33. The highest BCUT2D eigenvalue weighted by Gasteiger charge is 2.44. The Kier molecular flexibility index (Phi) is 6.21. The van der Waals surface area contributed by atoms with Gasteiger partial charge in [-0.1, -0.05) is 6.07 Å². The van der Waals surface area contributed by atoms with Crippen LogP contribution in [0, 0.1) is 0 Å². The summed E-state index contributed by atoms with van der Waals surface area (Å²) in [5, 5.41) is 9.98. The maximum Gasteiger partial charge on any atom is 0.387 e. The first kappa shape index (κ1) is 23.3. The molecule has 11 heteroatoms. The zero-order valence-corrected chi connectivity index (χ0v) is 18.6. The number of aliphatic hydroxyl groups is 1. The van der Waals surface area contributed by atoms with Gasteiger partial charge in [0.1, 0.15) is 11.2 Å². The summed E-state index contributed by atoms with van der Waals surface area (Å²) in [5.41, 5.74) is 0.944. The smallest absolute Gasteiger partial charge is 0.387 e. The second kappa shape index (κ2) is 8.81. The summed E-state index contributed by atoms with van der Waals surface area (Å²) in [4.78, 5) is 19.0. The Hall–Kier alpha value is -2.89. The van der Waals surface area contributed by atoms with E-state index < -0.39 is 28.7 Å². The van der Waals surface area contributed by atoms with Crippen LogP contribution in [0.1, 0.15) is 12.6 Å². The summed E-state index contributed by atoms with van der Waals surface area (Å²) in [6.45, 7) is -0.955. The van der Waals surface area contributed by atoms with Crippen molar-refractivity contribution in [1.29, 1.82) is 0 Å². The van der Waals surface area contributed by atoms with Crippen LogP contribution in [-0.4, -0.2) is 73.0 Å². The molecule has 2 aromatic rings. The molecule has 1 amide bonds. The lowest BCUT2D eigenvalue weighted by atomic mass is 9.85. The van der Waals surface area contributed by atoms with E-state index in [9.17, 15) is 27.1 Å². The van der Waals surface area contributed by atoms with E-state index in [4.69, 9.17) is 0 Å². The van der Waals surface area contributed by atoms with Crippen LogP contribution in [0.4, 0.5) is 8.78 Å². The van der Waals surface area contributed by atoms with E-state index in [1.165, 1.54) is 28.6 Å². The first-order chi connectivity index (χ1) is 15.6. The Morgan fingerprint density at radius 2 is 1.76 bits per heavy atom. The van der Waals surface area contributed by atoms with Gasteiger partial charge >= 0.3 is 6.61 Å². The zero-order valence-electron chi connectivity index (χ0n) is 17.8. The number of nitrogens with zero attached hydrogens (tertiary/aromatic N) is 3. The summed E-state index contributed by atoms with van der Waals surface area (Å²) in [7, 11) is -3.84. The summed E-state index contributed by atoms with van der Waals surface area (Å²) < 4.78 is 56.2. The Balaban J connectivity index is 1.43. The van der Waals surface area contributed by atoms with Crippen LogP contribution >= 0.6 is 0 Å². The maximum absolute atomic E-state index is 13.2. The van der Waals surface area contributed by atoms with Gasteiger partial charge in [0, 0.05) is 32.4 Å². The van der Waals surface area contributed by atoms with Gasteiger partial charge in [0.15, 0.2) is 0 Å². The Morgan fingerprint density at radius 3 is 2.27 bits per heavy atom. The molecule has 8 nitrogen and oxygen atoms in total. The third kappa shape index (κ3) is 4.35. The van der Waals surface area contributed by atoms with E-state index in [1.54, 1.807) is 36.2 Å². The number of benzene rings is 1. The fourth-order valence-corrected chi connectivity index (χ4v) is 5.53. The number of pyridine rings is 1. The molecule has 0 radical (unpaired) electrons. The first-order valence-electron chi connectivity index (χ1n) is 10.2. The minimum Gasteiger partial charge on any atom is -0.435 e. The lowest BCUT2D eigenvalue weighted by Crippen LogP contribution is -2.48. The number of sulfonamides is 1. The van der Waals surface area contributed by atoms with E-state index in [1.807, 2.05) is 0 Å². The van der Waals surface area contributed by atoms with E-state index in [2.05, 4.69) is 9.72 Å². The number of alkyl halides is 2. The number of carbonyl (C=O) groups is 1. The van der Waals surface area contributed by atoms with Gasteiger partial charge < -0.3 is 14.7 Å². The quantitative estimate of drug-likeness (QED) is 0.608. The molecule has 1 atom stereocenters. The standard InChI is InChI=1S/C22H23F2N3O5S/c1-22(14-28,19-4-2-3-9-25-19)20(29)26-10-15-12-27(13-16(15)11-26)33(30,31)18-7-5-17(6-8-18)32-21(23)24/h2-9,21,28H,10-14H2,1H3/t22-/m1/s1. The van der Waals surface area contributed by atoms with Gasteiger partial charge in [-0.15, -0.1) is 0 Å². The predicted octanol–water partition coefficient (Wildman–Crippen LogP) is 1.78.